The molecule has 1 N–H and O–H groups in total. The Morgan fingerprint density at radius 2 is 1.71 bits per heavy atom. The number of amides is 1. The van der Waals surface area contributed by atoms with Crippen LogP contribution in [0.15, 0.2) is 13.6 Å². The van der Waals surface area contributed by atoms with Gasteiger partial charge < -0.3 is 23.3 Å². The van der Waals surface area contributed by atoms with Crippen LogP contribution in [0, 0.1) is 12.3 Å². The van der Waals surface area contributed by atoms with Crippen molar-refractivity contribution in [1.82, 2.24) is 5.32 Å². The lowest BCUT2D eigenvalue weighted by atomic mass is 9.87. The summed E-state index contributed by atoms with van der Waals surface area (Å²) in [6, 6.07) is 0. The molecule has 11 nitrogen and oxygen atoms in total. The third-order valence-electron chi connectivity index (χ3n) is 5.88. The number of esters is 1. The summed E-state index contributed by atoms with van der Waals surface area (Å²) in [6.45, 7) is 15.6. The zero-order valence-electron chi connectivity index (χ0n) is 22.1. The smallest absolute Gasteiger partial charge is 0.455 e. The Morgan fingerprint density at radius 1 is 1.11 bits per heavy atom. The Morgan fingerprint density at radius 3 is 2.20 bits per heavy atom. The molecule has 1 heterocycles. The molecule has 202 valence electrons. The molecule has 13 heteroatoms. The Kier molecular flexibility index (Phi) is 10.5. The fourth-order valence-electron chi connectivity index (χ4n) is 2.61. The van der Waals surface area contributed by atoms with Crippen molar-refractivity contribution in [1.29, 1.82) is 0 Å². The third kappa shape index (κ3) is 9.90. The van der Waals surface area contributed by atoms with Crippen molar-refractivity contribution < 1.29 is 40.2 Å². The molecule has 1 amide bonds. The molecule has 0 unspecified atom stereocenters. The third-order valence-corrected chi connectivity index (χ3v) is 11.6. The van der Waals surface area contributed by atoms with E-state index in [0.29, 0.717) is 0 Å². The van der Waals surface area contributed by atoms with Gasteiger partial charge in [-0.2, -0.15) is 8.42 Å². The van der Waals surface area contributed by atoms with Crippen LogP contribution in [0.3, 0.4) is 0 Å². The molecule has 0 saturated heterocycles. The van der Waals surface area contributed by atoms with Gasteiger partial charge in [-0.25, -0.2) is 9.59 Å². The van der Waals surface area contributed by atoms with E-state index in [4.69, 9.17) is 22.2 Å². The second-order valence-corrected chi connectivity index (χ2v) is 17.2. The van der Waals surface area contributed by atoms with Gasteiger partial charge >= 0.3 is 11.8 Å². The van der Waals surface area contributed by atoms with Crippen molar-refractivity contribution in [2.75, 3.05) is 18.9 Å². The van der Waals surface area contributed by atoms with E-state index >= 15 is 0 Å². The standard InChI is InChI=1S/C22H39NO10SSi/c1-15-17(32-20(26)31-15)13-29-19(25)18(33-35(8,9)21(3,4)5)22(6,7)14-30-34(27,28)12-10-11-23-16(2)24/h18H,10-14H2,1-9H3,(H,23,24)/t18-/m0/s1. The number of ether oxygens (including phenoxy) is 1. The zero-order chi connectivity index (χ0) is 27.2. The summed E-state index contributed by atoms with van der Waals surface area (Å²) in [5.74, 6) is -1.92. The van der Waals surface area contributed by atoms with Crippen LogP contribution in [-0.2, 0) is 39.7 Å². The summed E-state index contributed by atoms with van der Waals surface area (Å²) in [5.41, 5.74) is -1.09. The SMILES string of the molecule is CC(=O)NCCCS(=O)(=O)OCC(C)(C)[C@@H](O[Si](C)(C)C(C)(C)C)C(=O)OCc1oc(=O)oc1C. The van der Waals surface area contributed by atoms with Crippen LogP contribution < -0.4 is 11.1 Å². The van der Waals surface area contributed by atoms with Crippen molar-refractivity contribution in [2.24, 2.45) is 5.41 Å². The van der Waals surface area contributed by atoms with Crippen LogP contribution >= 0.6 is 0 Å². The van der Waals surface area contributed by atoms with Gasteiger partial charge in [0.2, 0.25) is 5.91 Å². The van der Waals surface area contributed by atoms with Gasteiger partial charge in [0, 0.05) is 18.9 Å². The van der Waals surface area contributed by atoms with Crippen LogP contribution in [0.2, 0.25) is 18.1 Å². The van der Waals surface area contributed by atoms with Gasteiger partial charge in [-0.3, -0.25) is 8.98 Å². The number of rotatable bonds is 13. The van der Waals surface area contributed by atoms with Gasteiger partial charge in [-0.15, -0.1) is 0 Å². The van der Waals surface area contributed by atoms with E-state index in [-0.39, 0.29) is 54.4 Å². The number of hydrogen-bond acceptors (Lipinski definition) is 10. The number of carbonyl (C=O) groups excluding carboxylic acids is 2. The molecule has 1 aromatic heterocycles. The number of nitrogens with one attached hydrogen (secondary N) is 1. The van der Waals surface area contributed by atoms with E-state index in [1.165, 1.54) is 13.8 Å². The first kappa shape index (κ1) is 31.1. The maximum Gasteiger partial charge on any atom is 0.519 e. The molecule has 1 aromatic rings. The van der Waals surface area contributed by atoms with Crippen LogP contribution in [0.1, 0.15) is 59.5 Å². The van der Waals surface area contributed by atoms with E-state index in [0.717, 1.165) is 0 Å². The lowest BCUT2D eigenvalue weighted by molar-refractivity contribution is -0.162. The molecule has 0 aliphatic carbocycles. The van der Waals surface area contributed by atoms with Gasteiger partial charge in [0.15, 0.2) is 32.5 Å². The van der Waals surface area contributed by atoms with Crippen LogP contribution in [-0.4, -0.2) is 53.6 Å². The van der Waals surface area contributed by atoms with Crippen LogP contribution in [0.4, 0.5) is 0 Å². The average Bonchev–Trinajstić information content (AvgIpc) is 3.02. The average molecular weight is 538 g/mol. The predicted molar refractivity (Wildman–Crippen MR) is 131 cm³/mol. The first-order valence-corrected chi connectivity index (χ1v) is 15.8. The minimum Gasteiger partial charge on any atom is -0.455 e. The Hall–Kier alpha value is -1.96. The van der Waals surface area contributed by atoms with Gasteiger partial charge in [0.05, 0.1) is 12.4 Å². The highest BCUT2D eigenvalue weighted by atomic mass is 32.2. The molecular weight excluding hydrogens is 498 g/mol. The second kappa shape index (κ2) is 11.8. The lowest BCUT2D eigenvalue weighted by Crippen LogP contribution is -2.52. The molecule has 1 atom stereocenters. The van der Waals surface area contributed by atoms with Crippen molar-refractivity contribution in [3.8, 4) is 0 Å². The highest BCUT2D eigenvalue weighted by Gasteiger charge is 2.47. The predicted octanol–water partition coefficient (Wildman–Crippen LogP) is 2.87. The van der Waals surface area contributed by atoms with Crippen LogP contribution in [0.5, 0.6) is 0 Å². The van der Waals surface area contributed by atoms with Gasteiger partial charge in [-0.1, -0.05) is 34.6 Å². The normalized spacial score (nSPS) is 14.0. The molecule has 0 aromatic carbocycles. The highest BCUT2D eigenvalue weighted by Crippen LogP contribution is 2.40. The maximum absolute atomic E-state index is 13.2. The van der Waals surface area contributed by atoms with E-state index in [1.54, 1.807) is 13.8 Å². The summed E-state index contributed by atoms with van der Waals surface area (Å²) >= 11 is 0. The fourth-order valence-corrected chi connectivity index (χ4v) is 5.06. The number of aryl methyl sites for hydroxylation is 1. The molecular formula is C22H39NO10SSi. The quantitative estimate of drug-likeness (QED) is 0.172. The first-order valence-electron chi connectivity index (χ1n) is 11.3. The fraction of sp³-hybridized carbons (Fsp3) is 0.773. The van der Waals surface area contributed by atoms with Crippen molar-refractivity contribution >= 4 is 30.3 Å². The molecule has 0 saturated carbocycles. The van der Waals surface area contributed by atoms with Gasteiger partial charge in [0.25, 0.3) is 10.1 Å². The largest absolute Gasteiger partial charge is 0.519 e. The topological polar surface area (TPSA) is 151 Å². The van der Waals surface area contributed by atoms with Crippen LogP contribution in [0.25, 0.3) is 0 Å². The molecule has 0 bridgehead atoms. The van der Waals surface area contributed by atoms with Crippen molar-refractivity contribution in [3.05, 3.63) is 22.1 Å². The minimum absolute atomic E-state index is 0.0743. The van der Waals surface area contributed by atoms with Crippen molar-refractivity contribution in [2.45, 2.75) is 85.7 Å². The molecule has 1 rings (SSSR count). The Balaban J connectivity index is 3.02. The molecule has 0 radical (unpaired) electrons. The van der Waals surface area contributed by atoms with Crippen molar-refractivity contribution in [3.63, 3.8) is 0 Å². The Bertz CT molecular complexity index is 1030. The summed E-state index contributed by atoms with van der Waals surface area (Å²) in [7, 11) is -6.42. The molecule has 0 aliphatic heterocycles. The lowest BCUT2D eigenvalue weighted by Gasteiger charge is -2.42. The molecule has 0 fully saturated rings. The van der Waals surface area contributed by atoms with E-state index in [9.17, 15) is 22.8 Å². The summed E-state index contributed by atoms with van der Waals surface area (Å²) in [5, 5.41) is 2.28. The minimum atomic E-state index is -3.91. The van der Waals surface area contributed by atoms with Gasteiger partial charge in [0.1, 0.15) is 0 Å². The van der Waals surface area contributed by atoms with Gasteiger partial charge in [-0.05, 0) is 31.5 Å². The highest BCUT2D eigenvalue weighted by molar-refractivity contribution is 7.86. The summed E-state index contributed by atoms with van der Waals surface area (Å²) < 4.78 is 51.4. The molecule has 0 aliphatic rings. The monoisotopic (exact) mass is 537 g/mol. The molecule has 0 spiro atoms. The van der Waals surface area contributed by atoms with E-state index < -0.39 is 41.7 Å². The Labute approximate surface area is 208 Å². The maximum atomic E-state index is 13.2. The first-order chi connectivity index (χ1) is 15.8. The van der Waals surface area contributed by atoms with E-state index in [2.05, 4.69) is 5.32 Å². The number of hydrogen-bond donors (Lipinski definition) is 1. The number of carbonyl (C=O) groups is 2. The van der Waals surface area contributed by atoms with E-state index in [1.807, 2.05) is 33.9 Å². The second-order valence-electron chi connectivity index (χ2n) is 10.6. The molecule has 35 heavy (non-hydrogen) atoms. The summed E-state index contributed by atoms with van der Waals surface area (Å²) in [6.07, 6.45) is -0.972. The summed E-state index contributed by atoms with van der Waals surface area (Å²) in [4.78, 5) is 35.4. The zero-order valence-corrected chi connectivity index (χ0v) is 23.9.